The molecule has 23 heavy (non-hydrogen) atoms. The van der Waals surface area contributed by atoms with E-state index in [4.69, 9.17) is 4.74 Å². The van der Waals surface area contributed by atoms with Gasteiger partial charge >= 0.3 is 5.97 Å². The van der Waals surface area contributed by atoms with Crippen LogP contribution in [0.25, 0.3) is 10.8 Å². The molecule has 124 valence electrons. The molecule has 2 rings (SSSR count). The minimum Gasteiger partial charge on any atom is -0.494 e. The molecule has 0 amide bonds. The lowest BCUT2D eigenvalue weighted by molar-refractivity contribution is -0.139. The average molecular weight is 333 g/mol. The van der Waals surface area contributed by atoms with Gasteiger partial charge in [-0.15, -0.1) is 0 Å². The predicted molar refractivity (Wildman–Crippen MR) is 96.4 cm³/mol. The van der Waals surface area contributed by atoms with Crippen LogP contribution in [0, 0.1) is 0 Å². The Morgan fingerprint density at radius 3 is 2.78 bits per heavy atom. The van der Waals surface area contributed by atoms with Gasteiger partial charge in [0.05, 0.1) is 6.61 Å². The van der Waals surface area contributed by atoms with Gasteiger partial charge in [-0.25, -0.2) is 0 Å². The minimum atomic E-state index is -0.808. The number of nitrogens with one attached hydrogen (secondary N) is 1. The number of fused-ring (bicyclic) bond motifs is 1. The lowest BCUT2D eigenvalue weighted by atomic mass is 10.0. The molecule has 0 aromatic heterocycles. The van der Waals surface area contributed by atoms with Gasteiger partial charge in [-0.05, 0) is 42.2 Å². The van der Waals surface area contributed by atoms with E-state index in [1.807, 2.05) is 43.5 Å². The molecule has 0 heterocycles. The Bertz CT molecular complexity index is 660. The normalized spacial score (nSPS) is 12.3. The molecule has 0 aliphatic carbocycles. The first-order valence-corrected chi connectivity index (χ1v) is 9.15. The highest BCUT2D eigenvalue weighted by Crippen LogP contribution is 2.28. The molecular weight excluding hydrogens is 310 g/mol. The first-order valence-electron chi connectivity index (χ1n) is 7.76. The number of carboxylic acids is 1. The van der Waals surface area contributed by atoms with Gasteiger partial charge in [0.1, 0.15) is 11.8 Å². The van der Waals surface area contributed by atoms with Gasteiger partial charge in [-0.2, -0.15) is 11.8 Å². The van der Waals surface area contributed by atoms with E-state index in [2.05, 4.69) is 11.4 Å². The summed E-state index contributed by atoms with van der Waals surface area (Å²) in [5.74, 6) is 0.822. The smallest absolute Gasteiger partial charge is 0.320 e. The molecule has 0 saturated carbocycles. The number of carboxylic acid groups (broad SMARTS) is 1. The van der Waals surface area contributed by atoms with Crippen LogP contribution in [0.5, 0.6) is 5.75 Å². The third-order valence-corrected chi connectivity index (χ3v) is 4.38. The number of ether oxygens (including phenoxy) is 1. The maximum Gasteiger partial charge on any atom is 0.320 e. The maximum atomic E-state index is 11.4. The molecule has 5 heteroatoms. The zero-order valence-corrected chi connectivity index (χ0v) is 14.4. The van der Waals surface area contributed by atoms with Crippen LogP contribution >= 0.6 is 11.8 Å². The van der Waals surface area contributed by atoms with Gasteiger partial charge in [-0.3, -0.25) is 4.79 Å². The average Bonchev–Trinajstić information content (AvgIpc) is 2.56. The second kappa shape index (κ2) is 8.79. The summed E-state index contributed by atoms with van der Waals surface area (Å²) in [6.07, 6.45) is 2.59. The van der Waals surface area contributed by atoms with Crippen LogP contribution in [0.1, 0.15) is 18.9 Å². The van der Waals surface area contributed by atoms with Crippen molar-refractivity contribution in [2.75, 3.05) is 18.6 Å². The third kappa shape index (κ3) is 4.62. The van der Waals surface area contributed by atoms with E-state index in [0.717, 1.165) is 27.8 Å². The Kier molecular flexibility index (Phi) is 6.74. The molecule has 2 aromatic rings. The Morgan fingerprint density at radius 1 is 1.30 bits per heavy atom. The summed E-state index contributed by atoms with van der Waals surface area (Å²) in [7, 11) is 0. The fourth-order valence-corrected chi connectivity index (χ4v) is 3.03. The molecule has 4 nitrogen and oxygen atoms in total. The lowest BCUT2D eigenvalue weighted by Gasteiger charge is -2.17. The summed E-state index contributed by atoms with van der Waals surface area (Å²) in [5.41, 5.74) is 1.01. The first kappa shape index (κ1) is 17.6. The monoisotopic (exact) mass is 333 g/mol. The van der Waals surface area contributed by atoms with Crippen LogP contribution < -0.4 is 10.1 Å². The molecule has 0 aliphatic rings. The van der Waals surface area contributed by atoms with Crippen molar-refractivity contribution in [3.63, 3.8) is 0 Å². The third-order valence-electron chi connectivity index (χ3n) is 3.73. The Balaban J connectivity index is 2.25. The van der Waals surface area contributed by atoms with E-state index in [1.165, 1.54) is 0 Å². The van der Waals surface area contributed by atoms with E-state index in [1.54, 1.807) is 11.8 Å². The van der Waals surface area contributed by atoms with Crippen molar-refractivity contribution in [1.29, 1.82) is 0 Å². The quantitative estimate of drug-likeness (QED) is 0.735. The lowest BCUT2D eigenvalue weighted by Crippen LogP contribution is -2.36. The molecule has 0 saturated heterocycles. The minimum absolute atomic E-state index is 0.474. The maximum absolute atomic E-state index is 11.4. The van der Waals surface area contributed by atoms with Crippen LogP contribution in [-0.4, -0.2) is 35.7 Å². The summed E-state index contributed by atoms with van der Waals surface area (Å²) in [4.78, 5) is 11.4. The van der Waals surface area contributed by atoms with Crippen LogP contribution in [0.2, 0.25) is 0 Å². The first-order chi connectivity index (χ1) is 11.2. The second-order valence-electron chi connectivity index (χ2n) is 5.25. The van der Waals surface area contributed by atoms with E-state index < -0.39 is 12.0 Å². The summed E-state index contributed by atoms with van der Waals surface area (Å²) in [5, 5.41) is 14.8. The molecule has 0 aliphatic heterocycles. The number of rotatable bonds is 9. The number of benzene rings is 2. The van der Waals surface area contributed by atoms with Crippen LogP contribution in [0.4, 0.5) is 0 Å². The van der Waals surface area contributed by atoms with E-state index in [9.17, 15) is 9.90 Å². The van der Waals surface area contributed by atoms with Gasteiger partial charge in [-0.1, -0.05) is 30.3 Å². The highest BCUT2D eigenvalue weighted by Gasteiger charge is 2.18. The second-order valence-corrected chi connectivity index (χ2v) is 6.24. The SMILES string of the molecule is CCOc1ccc2ccccc2c1CNC(CCSC)C(=O)O. The number of hydrogen-bond acceptors (Lipinski definition) is 4. The van der Waals surface area contributed by atoms with Crippen molar-refractivity contribution >= 4 is 28.5 Å². The van der Waals surface area contributed by atoms with Gasteiger partial charge < -0.3 is 15.2 Å². The van der Waals surface area contributed by atoms with Crippen molar-refractivity contribution in [3.8, 4) is 5.75 Å². The van der Waals surface area contributed by atoms with Gasteiger partial charge in [0, 0.05) is 12.1 Å². The fourth-order valence-electron chi connectivity index (χ4n) is 2.56. The standard InChI is InChI=1S/C18H23NO3S/c1-3-22-17-9-8-13-6-4-5-7-14(13)15(17)12-19-16(18(20)21)10-11-23-2/h4-9,16,19H,3,10-12H2,1-2H3,(H,20,21). The highest BCUT2D eigenvalue weighted by atomic mass is 32.2. The van der Waals surface area contributed by atoms with E-state index in [-0.39, 0.29) is 0 Å². The highest BCUT2D eigenvalue weighted by molar-refractivity contribution is 7.98. The number of hydrogen-bond donors (Lipinski definition) is 2. The van der Waals surface area contributed by atoms with Crippen molar-refractivity contribution in [2.45, 2.75) is 25.9 Å². The van der Waals surface area contributed by atoms with Crippen LogP contribution in [0.15, 0.2) is 36.4 Å². The van der Waals surface area contributed by atoms with Gasteiger partial charge in [0.2, 0.25) is 0 Å². The zero-order valence-electron chi connectivity index (χ0n) is 13.5. The predicted octanol–water partition coefficient (Wildman–Crippen LogP) is 3.53. The van der Waals surface area contributed by atoms with Crippen molar-refractivity contribution in [2.24, 2.45) is 0 Å². The number of carbonyl (C=O) groups is 1. The van der Waals surface area contributed by atoms with Crippen molar-refractivity contribution in [3.05, 3.63) is 42.0 Å². The molecule has 0 radical (unpaired) electrons. The van der Waals surface area contributed by atoms with Gasteiger partial charge in [0.25, 0.3) is 0 Å². The summed E-state index contributed by atoms with van der Waals surface area (Å²) >= 11 is 1.65. The zero-order chi connectivity index (χ0) is 16.7. The molecule has 1 atom stereocenters. The van der Waals surface area contributed by atoms with Crippen molar-refractivity contribution < 1.29 is 14.6 Å². The molecule has 2 aromatic carbocycles. The molecule has 0 fully saturated rings. The van der Waals surface area contributed by atoms with E-state index >= 15 is 0 Å². The fraction of sp³-hybridized carbons (Fsp3) is 0.389. The van der Waals surface area contributed by atoms with Crippen molar-refractivity contribution in [1.82, 2.24) is 5.32 Å². The van der Waals surface area contributed by atoms with Crippen LogP contribution in [-0.2, 0) is 11.3 Å². The molecule has 2 N–H and O–H groups in total. The number of thioether (sulfide) groups is 1. The molecule has 0 bridgehead atoms. The largest absolute Gasteiger partial charge is 0.494 e. The summed E-state index contributed by atoms with van der Waals surface area (Å²) < 4.78 is 5.73. The van der Waals surface area contributed by atoms with E-state index in [0.29, 0.717) is 19.6 Å². The Morgan fingerprint density at radius 2 is 2.09 bits per heavy atom. The molecule has 1 unspecified atom stereocenters. The topological polar surface area (TPSA) is 58.6 Å². The number of aliphatic carboxylic acids is 1. The molecular formula is C18H23NO3S. The summed E-state index contributed by atoms with van der Waals surface area (Å²) in [6, 6.07) is 11.5. The molecule has 0 spiro atoms. The Hall–Kier alpha value is -1.72. The summed E-state index contributed by atoms with van der Waals surface area (Å²) in [6.45, 7) is 3.01. The van der Waals surface area contributed by atoms with Gasteiger partial charge in [0.15, 0.2) is 0 Å². The Labute approximate surface area is 141 Å². The van der Waals surface area contributed by atoms with Crippen LogP contribution in [0.3, 0.4) is 0 Å².